The van der Waals surface area contributed by atoms with Crippen molar-refractivity contribution >= 4 is 22.1 Å². The van der Waals surface area contributed by atoms with E-state index in [1.165, 1.54) is 6.07 Å². The number of rotatable bonds is 3. The van der Waals surface area contributed by atoms with E-state index in [1.54, 1.807) is 6.07 Å². The van der Waals surface area contributed by atoms with Crippen molar-refractivity contribution < 1.29 is 9.66 Å². The average molecular weight is 244 g/mol. The quantitative estimate of drug-likeness (QED) is 0.512. The number of nitrogens with one attached hydrogen (secondary N) is 1. The number of hydrogen-bond acceptors (Lipinski definition) is 4. The Bertz CT molecular complexity index is 621. The third-order valence-electron chi connectivity index (χ3n) is 3.09. The highest BCUT2D eigenvalue weighted by molar-refractivity contribution is 6.00. The second kappa shape index (κ2) is 3.96. The van der Waals surface area contributed by atoms with Crippen molar-refractivity contribution in [3.63, 3.8) is 0 Å². The van der Waals surface area contributed by atoms with Gasteiger partial charge in [0.1, 0.15) is 6.10 Å². The molecule has 5 heteroatoms. The second-order valence-corrected chi connectivity index (χ2v) is 4.34. The van der Waals surface area contributed by atoms with E-state index in [-0.39, 0.29) is 22.9 Å². The molecule has 2 atom stereocenters. The summed E-state index contributed by atoms with van der Waals surface area (Å²) in [6, 6.07) is 10.7. The molecule has 18 heavy (non-hydrogen) atoms. The summed E-state index contributed by atoms with van der Waals surface area (Å²) in [7, 11) is 0. The van der Waals surface area contributed by atoms with Crippen LogP contribution in [0.2, 0.25) is 0 Å². The summed E-state index contributed by atoms with van der Waals surface area (Å²) in [6.45, 7) is 1.96. The van der Waals surface area contributed by atoms with E-state index in [9.17, 15) is 10.1 Å². The fraction of sp³-hybridized carbons (Fsp3) is 0.231. The predicted molar refractivity (Wildman–Crippen MR) is 68.6 cm³/mol. The molecule has 0 aromatic heterocycles. The van der Waals surface area contributed by atoms with E-state index in [1.807, 2.05) is 31.2 Å². The normalized spacial score (nSPS) is 21.8. The highest BCUT2D eigenvalue weighted by atomic mass is 16.6. The predicted octanol–water partition coefficient (Wildman–Crippen LogP) is 2.90. The van der Waals surface area contributed by atoms with Crippen molar-refractivity contribution in [1.29, 1.82) is 0 Å². The van der Waals surface area contributed by atoms with Gasteiger partial charge in [-0.15, -0.1) is 0 Å². The van der Waals surface area contributed by atoms with Gasteiger partial charge in [-0.25, -0.2) is 0 Å². The molecule has 2 unspecified atom stereocenters. The van der Waals surface area contributed by atoms with Gasteiger partial charge in [0, 0.05) is 6.07 Å². The molecule has 1 aliphatic heterocycles. The van der Waals surface area contributed by atoms with Crippen molar-refractivity contribution in [2.75, 3.05) is 5.32 Å². The molecule has 0 amide bonds. The Morgan fingerprint density at radius 2 is 1.94 bits per heavy atom. The molecule has 1 saturated heterocycles. The lowest BCUT2D eigenvalue weighted by Gasteiger charge is -2.07. The molecule has 1 heterocycles. The molecule has 92 valence electrons. The molecule has 2 aromatic rings. The van der Waals surface area contributed by atoms with Crippen LogP contribution in [-0.4, -0.2) is 17.3 Å². The monoisotopic (exact) mass is 244 g/mol. The number of nitro groups is 1. The molecule has 2 aromatic carbocycles. The molecule has 5 nitrogen and oxygen atoms in total. The summed E-state index contributed by atoms with van der Waals surface area (Å²) in [4.78, 5) is 10.7. The van der Waals surface area contributed by atoms with Crippen LogP contribution in [0.5, 0.6) is 0 Å². The summed E-state index contributed by atoms with van der Waals surface area (Å²) in [6.07, 6.45) is 0.110. The highest BCUT2D eigenvalue weighted by Gasteiger charge is 2.34. The second-order valence-electron chi connectivity index (χ2n) is 4.34. The van der Waals surface area contributed by atoms with Crippen LogP contribution in [0.3, 0.4) is 0 Å². The highest BCUT2D eigenvalue weighted by Crippen LogP contribution is 2.34. The minimum Gasteiger partial charge on any atom is -0.357 e. The molecule has 3 rings (SSSR count). The SMILES string of the molecule is CC1OC1Nc1cccc2cccc([N+](=O)[O-])c12. The van der Waals surface area contributed by atoms with Gasteiger partial charge in [-0.3, -0.25) is 10.1 Å². The first-order valence-electron chi connectivity index (χ1n) is 5.75. The number of epoxide rings is 1. The number of anilines is 1. The lowest BCUT2D eigenvalue weighted by atomic mass is 10.1. The van der Waals surface area contributed by atoms with Crippen molar-refractivity contribution in [1.82, 2.24) is 0 Å². The molecule has 0 aliphatic carbocycles. The van der Waals surface area contributed by atoms with Crippen LogP contribution in [0.4, 0.5) is 11.4 Å². The van der Waals surface area contributed by atoms with Crippen LogP contribution in [-0.2, 0) is 4.74 Å². The molecule has 0 saturated carbocycles. The number of nitro benzene ring substituents is 1. The standard InChI is InChI=1S/C13H12N2O3/c1-8-13(18-8)14-10-6-2-4-9-5-3-7-11(12(9)10)15(16)17/h2-8,13-14H,1H3. The molecule has 0 radical (unpaired) electrons. The van der Waals surface area contributed by atoms with Crippen LogP contribution in [0.1, 0.15) is 6.92 Å². The van der Waals surface area contributed by atoms with E-state index in [2.05, 4.69) is 5.32 Å². The summed E-state index contributed by atoms with van der Waals surface area (Å²) in [5, 5.41) is 15.7. The molecular weight excluding hydrogens is 232 g/mol. The lowest BCUT2D eigenvalue weighted by Crippen LogP contribution is -2.06. The fourth-order valence-electron chi connectivity index (χ4n) is 2.08. The zero-order chi connectivity index (χ0) is 12.7. The van der Waals surface area contributed by atoms with Crippen LogP contribution >= 0.6 is 0 Å². The maximum absolute atomic E-state index is 11.1. The van der Waals surface area contributed by atoms with Crippen LogP contribution in [0.25, 0.3) is 10.8 Å². The molecule has 1 fully saturated rings. The third kappa shape index (κ3) is 1.78. The number of benzene rings is 2. The van der Waals surface area contributed by atoms with Crippen molar-refractivity contribution in [2.24, 2.45) is 0 Å². The first-order valence-corrected chi connectivity index (χ1v) is 5.75. The molecule has 1 N–H and O–H groups in total. The van der Waals surface area contributed by atoms with E-state index < -0.39 is 0 Å². The zero-order valence-electron chi connectivity index (χ0n) is 9.79. The fourth-order valence-corrected chi connectivity index (χ4v) is 2.08. The number of non-ortho nitro benzene ring substituents is 1. The van der Waals surface area contributed by atoms with Gasteiger partial charge in [-0.1, -0.05) is 24.3 Å². The molecular formula is C13H12N2O3. The van der Waals surface area contributed by atoms with E-state index in [0.29, 0.717) is 5.39 Å². The van der Waals surface area contributed by atoms with Crippen molar-refractivity contribution in [3.05, 3.63) is 46.5 Å². The van der Waals surface area contributed by atoms with E-state index in [0.717, 1.165) is 11.1 Å². The molecule has 0 bridgehead atoms. The van der Waals surface area contributed by atoms with Gasteiger partial charge in [0.15, 0.2) is 6.23 Å². The minimum absolute atomic E-state index is 0.0459. The largest absolute Gasteiger partial charge is 0.357 e. The number of fused-ring (bicyclic) bond motifs is 1. The Morgan fingerprint density at radius 1 is 1.28 bits per heavy atom. The van der Waals surface area contributed by atoms with Crippen molar-refractivity contribution in [3.8, 4) is 0 Å². The number of hydrogen-bond donors (Lipinski definition) is 1. The molecule has 0 spiro atoms. The van der Waals surface area contributed by atoms with Gasteiger partial charge in [0.25, 0.3) is 5.69 Å². The Labute approximate surface area is 104 Å². The summed E-state index contributed by atoms with van der Waals surface area (Å²) < 4.78 is 5.29. The van der Waals surface area contributed by atoms with E-state index in [4.69, 9.17) is 4.74 Å². The third-order valence-corrected chi connectivity index (χ3v) is 3.09. The van der Waals surface area contributed by atoms with Crippen molar-refractivity contribution in [2.45, 2.75) is 19.3 Å². The van der Waals surface area contributed by atoms with E-state index >= 15 is 0 Å². The zero-order valence-corrected chi connectivity index (χ0v) is 9.79. The Hall–Kier alpha value is -2.14. The molecule has 1 aliphatic rings. The smallest absolute Gasteiger partial charge is 0.279 e. The number of nitrogens with zero attached hydrogens (tertiary/aromatic N) is 1. The van der Waals surface area contributed by atoms with Gasteiger partial charge < -0.3 is 10.1 Å². The van der Waals surface area contributed by atoms with Gasteiger partial charge >= 0.3 is 0 Å². The first-order chi connectivity index (χ1) is 8.66. The van der Waals surface area contributed by atoms with Gasteiger partial charge in [0.05, 0.1) is 16.0 Å². The van der Waals surface area contributed by atoms with Gasteiger partial charge in [-0.05, 0) is 18.4 Å². The Kier molecular flexibility index (Phi) is 2.41. The number of ether oxygens (including phenoxy) is 1. The van der Waals surface area contributed by atoms with Crippen LogP contribution in [0.15, 0.2) is 36.4 Å². The Morgan fingerprint density at radius 3 is 2.56 bits per heavy atom. The first kappa shape index (κ1) is 11.0. The summed E-state index contributed by atoms with van der Waals surface area (Å²) in [5.41, 5.74) is 0.859. The van der Waals surface area contributed by atoms with Gasteiger partial charge in [0.2, 0.25) is 0 Å². The minimum atomic E-state index is -0.356. The maximum Gasteiger partial charge on any atom is 0.279 e. The van der Waals surface area contributed by atoms with Crippen LogP contribution in [0, 0.1) is 10.1 Å². The Balaban J connectivity index is 2.14. The maximum atomic E-state index is 11.1. The van der Waals surface area contributed by atoms with Gasteiger partial charge in [-0.2, -0.15) is 0 Å². The average Bonchev–Trinajstić information content (AvgIpc) is 3.04. The van der Waals surface area contributed by atoms with Crippen LogP contribution < -0.4 is 5.32 Å². The lowest BCUT2D eigenvalue weighted by molar-refractivity contribution is -0.383. The summed E-state index contributed by atoms with van der Waals surface area (Å²) in [5.74, 6) is 0. The topological polar surface area (TPSA) is 67.7 Å². The summed E-state index contributed by atoms with van der Waals surface area (Å²) >= 11 is 0.